The summed E-state index contributed by atoms with van der Waals surface area (Å²) in [6, 6.07) is 0. The van der Waals surface area contributed by atoms with Crippen LogP contribution in [-0.2, 0) is 24.9 Å². The fourth-order valence-electron chi connectivity index (χ4n) is 1.41. The van der Waals surface area contributed by atoms with Crippen LogP contribution in [0.1, 0.15) is 13.3 Å². The molecule has 85 valence electrons. The Labute approximate surface area is 95.4 Å². The molecule has 0 aromatic carbocycles. The molecule has 0 saturated carbocycles. The molecule has 4 nitrogen and oxygen atoms in total. The van der Waals surface area contributed by atoms with Crippen molar-refractivity contribution in [3.63, 3.8) is 0 Å². The van der Waals surface area contributed by atoms with Gasteiger partial charge in [0.1, 0.15) is 0 Å². The Kier molecular flexibility index (Phi) is 3.14. The minimum absolute atomic E-state index is 0.113. The van der Waals surface area contributed by atoms with E-state index in [2.05, 4.69) is 0 Å². The van der Waals surface area contributed by atoms with Crippen molar-refractivity contribution in [2.24, 2.45) is 0 Å². The molecular weight excluding hydrogens is 274 g/mol. The molecule has 0 saturated heterocycles. The van der Waals surface area contributed by atoms with Crippen molar-refractivity contribution in [3.8, 4) is 0 Å². The molecule has 0 amide bonds. The maximum atomic E-state index is 11.4. The summed E-state index contributed by atoms with van der Waals surface area (Å²) in [6.45, 7) is 1.58. The van der Waals surface area contributed by atoms with E-state index in [0.717, 1.165) is 0 Å². The van der Waals surface area contributed by atoms with Crippen LogP contribution in [0.15, 0.2) is 22.2 Å². The summed E-state index contributed by atoms with van der Waals surface area (Å²) >= 11 is 5.28. The molecular formula is C10H7ClMnO4. The van der Waals surface area contributed by atoms with Crippen molar-refractivity contribution >= 4 is 30.1 Å². The second-order valence-corrected chi connectivity index (χ2v) is 8.69. The van der Waals surface area contributed by atoms with Crippen molar-refractivity contribution in [1.29, 1.82) is 0 Å². The quantitative estimate of drug-likeness (QED) is 0.568. The second kappa shape index (κ2) is 3.93. The number of allylic oxidation sites excluding steroid dienone is 4. The Bertz CT molecular complexity index is 678. The number of hydrogen-bond acceptors (Lipinski definition) is 4. The van der Waals surface area contributed by atoms with Crippen molar-refractivity contribution in [2.75, 3.05) is 0 Å². The third kappa shape index (κ3) is 1.29. The van der Waals surface area contributed by atoms with Crippen molar-refractivity contribution in [3.05, 3.63) is 22.2 Å². The summed E-state index contributed by atoms with van der Waals surface area (Å²) < 4.78 is -1.19. The van der Waals surface area contributed by atoms with Crippen LogP contribution in [0.4, 0.5) is 4.79 Å². The summed E-state index contributed by atoms with van der Waals surface area (Å²) in [7, 11) is -5.23. The summed E-state index contributed by atoms with van der Waals surface area (Å²) in [5.41, 5.74) is 0.498. The van der Waals surface area contributed by atoms with Gasteiger partial charge in [-0.3, -0.25) is 0 Å². The van der Waals surface area contributed by atoms with Gasteiger partial charge in [-0.2, -0.15) is 0 Å². The van der Waals surface area contributed by atoms with E-state index in [-0.39, 0.29) is 10.9 Å². The maximum absolute atomic E-state index is 11.4. The average Bonchev–Trinajstić information content (AvgIpc) is 2.70. The summed E-state index contributed by atoms with van der Waals surface area (Å²) in [4.78, 5) is 48.3. The summed E-state index contributed by atoms with van der Waals surface area (Å²) in [6.07, 6.45) is 3.39. The molecule has 0 heterocycles. The number of halogens is 1. The van der Waals surface area contributed by atoms with Gasteiger partial charge in [0.05, 0.1) is 0 Å². The average molecular weight is 282 g/mol. The van der Waals surface area contributed by atoms with Gasteiger partial charge in [-0.25, -0.2) is 0 Å². The molecule has 0 fully saturated rings. The van der Waals surface area contributed by atoms with Gasteiger partial charge < -0.3 is 0 Å². The molecule has 16 heavy (non-hydrogen) atoms. The van der Waals surface area contributed by atoms with Gasteiger partial charge in [0.2, 0.25) is 0 Å². The third-order valence-electron chi connectivity index (χ3n) is 2.31. The number of hydrogen-bond donors (Lipinski definition) is 0. The van der Waals surface area contributed by atoms with Crippen LogP contribution in [0.2, 0.25) is 0 Å². The Morgan fingerprint density at radius 2 is 1.81 bits per heavy atom. The van der Waals surface area contributed by atoms with E-state index in [4.69, 9.17) is 11.6 Å². The SMILES string of the molecule is CC1=[C]([Mn](=[C]=O)(=[C]=O)(=[C]=O)[C](=O)Cl)CC=C1. The van der Waals surface area contributed by atoms with E-state index in [1.165, 1.54) is 14.4 Å². The van der Waals surface area contributed by atoms with Crippen LogP contribution in [-0.4, -0.2) is 18.5 Å². The standard InChI is InChI=1S/C6H7.CClO.3CO.Mn/c1-6-4-2-3-5-6;2-1-3;3*1-2;/h2,4H,3H2,1H3;;;;;. The molecule has 1 aliphatic carbocycles. The van der Waals surface area contributed by atoms with Gasteiger partial charge in [-0.15, -0.1) is 0 Å². The predicted molar refractivity (Wildman–Crippen MR) is 54.8 cm³/mol. The first-order valence-electron chi connectivity index (χ1n) is 4.08. The van der Waals surface area contributed by atoms with E-state index in [1.807, 2.05) is 0 Å². The molecule has 1 aliphatic rings. The number of carbonyl (C=O) groups is 1. The number of rotatable bonds is 2. The van der Waals surface area contributed by atoms with Gasteiger partial charge in [-0.1, -0.05) is 0 Å². The first-order valence-corrected chi connectivity index (χ1v) is 7.41. The molecule has 0 aromatic rings. The first-order chi connectivity index (χ1) is 7.47. The van der Waals surface area contributed by atoms with E-state index >= 15 is 0 Å². The van der Waals surface area contributed by atoms with E-state index in [1.54, 1.807) is 19.1 Å². The monoisotopic (exact) mass is 281 g/mol. The van der Waals surface area contributed by atoms with E-state index < -0.39 is 14.6 Å². The fraction of sp³-hybridized carbons (Fsp3) is 0.200. The molecule has 0 unspecified atom stereocenters. The Morgan fingerprint density at radius 3 is 2.06 bits per heavy atom. The normalized spacial score (nSPS) is 17.0. The molecule has 0 aliphatic heterocycles. The first kappa shape index (κ1) is 12.8. The predicted octanol–water partition coefficient (Wildman–Crippen LogP) is 1.47. The van der Waals surface area contributed by atoms with Gasteiger partial charge in [0, 0.05) is 0 Å². The molecule has 0 spiro atoms. The summed E-state index contributed by atoms with van der Waals surface area (Å²) in [5, 5.41) is 0. The molecule has 0 radical (unpaired) electrons. The Hall–Kier alpha value is -1.30. The van der Waals surface area contributed by atoms with Crippen molar-refractivity contribution < 1.29 is 29.7 Å². The van der Waals surface area contributed by atoms with E-state index in [0.29, 0.717) is 5.57 Å². The zero-order chi connectivity index (χ0) is 12.4. The zero-order valence-corrected chi connectivity index (χ0v) is 10.2. The Morgan fingerprint density at radius 1 is 1.31 bits per heavy atom. The van der Waals surface area contributed by atoms with Crippen LogP contribution < -0.4 is 0 Å². The summed E-state index contributed by atoms with van der Waals surface area (Å²) in [5.74, 6) is 0. The van der Waals surface area contributed by atoms with Crippen molar-refractivity contribution in [2.45, 2.75) is 13.3 Å². The van der Waals surface area contributed by atoms with Crippen molar-refractivity contribution in [1.82, 2.24) is 0 Å². The van der Waals surface area contributed by atoms with Gasteiger partial charge in [-0.05, 0) is 0 Å². The molecule has 6 heteroatoms. The molecule has 1 rings (SSSR count). The van der Waals surface area contributed by atoms with Gasteiger partial charge in [0.25, 0.3) is 0 Å². The van der Waals surface area contributed by atoms with Crippen LogP contribution in [0.3, 0.4) is 0 Å². The van der Waals surface area contributed by atoms with Gasteiger partial charge in [0.15, 0.2) is 0 Å². The van der Waals surface area contributed by atoms with E-state index in [9.17, 15) is 19.2 Å². The fourth-order valence-corrected chi connectivity index (χ4v) is 4.93. The van der Waals surface area contributed by atoms with Crippen LogP contribution in [0, 0.1) is 0 Å². The third-order valence-corrected chi connectivity index (χ3v) is 7.99. The molecule has 0 N–H and O–H groups in total. The van der Waals surface area contributed by atoms with Crippen LogP contribution in [0.25, 0.3) is 0 Å². The van der Waals surface area contributed by atoms with Crippen LogP contribution >= 0.6 is 11.6 Å². The Balaban J connectivity index is 4.24. The molecule has 0 bridgehead atoms. The van der Waals surface area contributed by atoms with Crippen LogP contribution in [0.5, 0.6) is 0 Å². The molecule has 0 atom stereocenters. The topological polar surface area (TPSA) is 68.3 Å². The zero-order valence-electron chi connectivity index (χ0n) is 8.25. The number of carbonyl (C=O) groups excluding carboxylic acids is 4. The molecule has 0 aromatic heterocycles. The van der Waals surface area contributed by atoms with Gasteiger partial charge >= 0.3 is 95.3 Å². The second-order valence-electron chi connectivity index (χ2n) is 3.10. The minimum atomic E-state index is -5.23.